The van der Waals surface area contributed by atoms with Crippen LogP contribution in [0.2, 0.25) is 0 Å². The summed E-state index contributed by atoms with van der Waals surface area (Å²) in [7, 11) is 4.64. The SMILES string of the molecule is COC(=O)C1Cc2c(OC)ccc(OC)c2C2(CCOO2)C1. The molecule has 0 amide bonds. The summed E-state index contributed by atoms with van der Waals surface area (Å²) in [4.78, 5) is 22.9. The van der Waals surface area contributed by atoms with Crippen LogP contribution in [0.15, 0.2) is 12.1 Å². The Morgan fingerprint density at radius 1 is 1.23 bits per heavy atom. The smallest absolute Gasteiger partial charge is 0.309 e. The number of fused-ring (bicyclic) bond motifs is 2. The van der Waals surface area contributed by atoms with Gasteiger partial charge in [0.05, 0.1) is 33.9 Å². The topological polar surface area (TPSA) is 63.2 Å². The van der Waals surface area contributed by atoms with E-state index >= 15 is 0 Å². The molecule has 1 heterocycles. The van der Waals surface area contributed by atoms with Crippen molar-refractivity contribution in [2.45, 2.75) is 24.9 Å². The summed E-state index contributed by atoms with van der Waals surface area (Å²) >= 11 is 0. The van der Waals surface area contributed by atoms with Crippen LogP contribution < -0.4 is 9.47 Å². The average Bonchev–Trinajstić information content (AvgIpc) is 3.01. The molecule has 0 radical (unpaired) electrons. The predicted molar refractivity (Wildman–Crippen MR) is 76.7 cm³/mol. The number of carbonyl (C=O) groups is 1. The lowest BCUT2D eigenvalue weighted by Gasteiger charge is -2.37. The lowest BCUT2D eigenvalue weighted by molar-refractivity contribution is -0.318. The highest BCUT2D eigenvalue weighted by Gasteiger charge is 2.50. The molecule has 1 spiro atoms. The van der Waals surface area contributed by atoms with Crippen LogP contribution in [-0.4, -0.2) is 33.9 Å². The van der Waals surface area contributed by atoms with E-state index in [1.54, 1.807) is 14.2 Å². The molecule has 1 aliphatic carbocycles. The zero-order chi connectivity index (χ0) is 15.7. The monoisotopic (exact) mass is 308 g/mol. The van der Waals surface area contributed by atoms with E-state index < -0.39 is 5.60 Å². The number of rotatable bonds is 3. The molecule has 6 heteroatoms. The van der Waals surface area contributed by atoms with Crippen molar-refractivity contribution in [2.24, 2.45) is 5.92 Å². The van der Waals surface area contributed by atoms with Gasteiger partial charge in [0.2, 0.25) is 0 Å². The normalized spacial score (nSPS) is 26.6. The Labute approximate surface area is 129 Å². The fourth-order valence-electron chi connectivity index (χ4n) is 3.53. The Balaban J connectivity index is 2.16. The first-order valence-electron chi connectivity index (χ1n) is 7.28. The molecule has 0 saturated carbocycles. The summed E-state index contributed by atoms with van der Waals surface area (Å²) in [6, 6.07) is 3.71. The van der Waals surface area contributed by atoms with Crippen LogP contribution in [0.1, 0.15) is 24.0 Å². The predicted octanol–water partition coefficient (Wildman–Crippen LogP) is 1.99. The number of methoxy groups -OCH3 is 3. The summed E-state index contributed by atoms with van der Waals surface area (Å²) in [5, 5.41) is 0. The maximum Gasteiger partial charge on any atom is 0.309 e. The van der Waals surface area contributed by atoms with Crippen molar-refractivity contribution < 1.29 is 28.8 Å². The largest absolute Gasteiger partial charge is 0.496 e. The molecule has 1 aliphatic heterocycles. The maximum atomic E-state index is 12.1. The standard InChI is InChI=1S/C16H20O6/c1-18-12-4-5-13(19-2)14-11(12)8-10(15(17)20-3)9-16(14)6-7-21-22-16/h4-5,10H,6-9H2,1-3H3. The zero-order valence-corrected chi connectivity index (χ0v) is 13.0. The number of benzene rings is 1. The van der Waals surface area contributed by atoms with E-state index in [2.05, 4.69) is 0 Å². The Hall–Kier alpha value is -1.79. The minimum atomic E-state index is -0.688. The Kier molecular flexibility index (Phi) is 3.97. The minimum absolute atomic E-state index is 0.245. The maximum absolute atomic E-state index is 12.1. The number of esters is 1. The average molecular weight is 308 g/mol. The molecule has 1 fully saturated rings. The first kappa shape index (κ1) is 15.1. The Bertz CT molecular complexity index is 576. The van der Waals surface area contributed by atoms with Gasteiger partial charge in [-0.2, -0.15) is 0 Å². The van der Waals surface area contributed by atoms with Gasteiger partial charge in [-0.15, -0.1) is 0 Å². The molecule has 1 aromatic rings. The van der Waals surface area contributed by atoms with Gasteiger partial charge in [0, 0.05) is 17.5 Å². The molecular weight excluding hydrogens is 288 g/mol. The Morgan fingerprint density at radius 3 is 2.55 bits per heavy atom. The highest BCUT2D eigenvalue weighted by atomic mass is 17.2. The van der Waals surface area contributed by atoms with E-state index in [-0.39, 0.29) is 11.9 Å². The fourth-order valence-corrected chi connectivity index (χ4v) is 3.53. The summed E-state index contributed by atoms with van der Waals surface area (Å²) in [5.74, 6) is 0.912. The highest BCUT2D eigenvalue weighted by Crippen LogP contribution is 2.52. The van der Waals surface area contributed by atoms with Crippen molar-refractivity contribution in [1.82, 2.24) is 0 Å². The van der Waals surface area contributed by atoms with Crippen LogP contribution in [0.4, 0.5) is 0 Å². The third kappa shape index (κ3) is 2.23. The third-order valence-electron chi connectivity index (χ3n) is 4.50. The summed E-state index contributed by atoms with van der Waals surface area (Å²) in [6.07, 6.45) is 1.71. The van der Waals surface area contributed by atoms with Gasteiger partial charge in [-0.3, -0.25) is 4.79 Å². The molecule has 0 bridgehead atoms. The van der Waals surface area contributed by atoms with Crippen LogP contribution in [-0.2, 0) is 31.3 Å². The number of ether oxygens (including phenoxy) is 3. The van der Waals surface area contributed by atoms with Gasteiger partial charge in [-0.05, 0) is 25.0 Å². The molecule has 120 valence electrons. The molecule has 2 aliphatic rings. The van der Waals surface area contributed by atoms with Gasteiger partial charge in [0.15, 0.2) is 0 Å². The molecule has 2 unspecified atom stereocenters. The van der Waals surface area contributed by atoms with Crippen molar-refractivity contribution in [3.05, 3.63) is 23.3 Å². The highest BCUT2D eigenvalue weighted by molar-refractivity contribution is 5.74. The summed E-state index contributed by atoms with van der Waals surface area (Å²) < 4.78 is 15.9. The second-order valence-corrected chi connectivity index (χ2v) is 5.60. The zero-order valence-electron chi connectivity index (χ0n) is 13.0. The van der Waals surface area contributed by atoms with Crippen LogP contribution >= 0.6 is 0 Å². The van der Waals surface area contributed by atoms with E-state index in [0.29, 0.717) is 25.9 Å². The molecule has 1 saturated heterocycles. The van der Waals surface area contributed by atoms with E-state index in [9.17, 15) is 4.79 Å². The number of hydrogen-bond acceptors (Lipinski definition) is 6. The van der Waals surface area contributed by atoms with Crippen LogP contribution in [0, 0.1) is 5.92 Å². The van der Waals surface area contributed by atoms with Crippen molar-refractivity contribution in [2.75, 3.05) is 27.9 Å². The molecule has 6 nitrogen and oxygen atoms in total. The molecule has 0 N–H and O–H groups in total. The molecule has 3 rings (SSSR count). The van der Waals surface area contributed by atoms with Crippen molar-refractivity contribution in [3.63, 3.8) is 0 Å². The van der Waals surface area contributed by atoms with E-state index in [0.717, 1.165) is 22.6 Å². The second-order valence-electron chi connectivity index (χ2n) is 5.60. The van der Waals surface area contributed by atoms with Crippen LogP contribution in [0.25, 0.3) is 0 Å². The second kappa shape index (κ2) is 5.78. The summed E-state index contributed by atoms with van der Waals surface area (Å²) in [6.45, 7) is 0.480. The van der Waals surface area contributed by atoms with Gasteiger partial charge in [0.1, 0.15) is 17.1 Å². The molecule has 1 aromatic carbocycles. The Morgan fingerprint density at radius 2 is 1.95 bits per heavy atom. The first-order valence-corrected chi connectivity index (χ1v) is 7.28. The van der Waals surface area contributed by atoms with E-state index in [1.165, 1.54) is 7.11 Å². The lowest BCUT2D eigenvalue weighted by Crippen LogP contribution is -2.38. The fraction of sp³-hybridized carbons (Fsp3) is 0.562. The van der Waals surface area contributed by atoms with Gasteiger partial charge in [-0.1, -0.05) is 0 Å². The van der Waals surface area contributed by atoms with Gasteiger partial charge in [-0.25, -0.2) is 9.78 Å². The van der Waals surface area contributed by atoms with Gasteiger partial charge < -0.3 is 14.2 Å². The molecule has 22 heavy (non-hydrogen) atoms. The van der Waals surface area contributed by atoms with Crippen molar-refractivity contribution >= 4 is 5.97 Å². The van der Waals surface area contributed by atoms with Gasteiger partial charge in [0.25, 0.3) is 0 Å². The molecule has 2 atom stereocenters. The minimum Gasteiger partial charge on any atom is -0.496 e. The number of carbonyl (C=O) groups excluding carboxylic acids is 1. The summed E-state index contributed by atoms with van der Waals surface area (Å²) in [5.41, 5.74) is 1.16. The molecule has 0 aromatic heterocycles. The first-order chi connectivity index (χ1) is 10.6. The van der Waals surface area contributed by atoms with Crippen LogP contribution in [0.5, 0.6) is 11.5 Å². The van der Waals surface area contributed by atoms with Crippen molar-refractivity contribution in [1.29, 1.82) is 0 Å². The quantitative estimate of drug-likeness (QED) is 0.628. The molecular formula is C16H20O6. The van der Waals surface area contributed by atoms with E-state index in [4.69, 9.17) is 24.0 Å². The third-order valence-corrected chi connectivity index (χ3v) is 4.50. The number of hydrogen-bond donors (Lipinski definition) is 0. The lowest BCUT2D eigenvalue weighted by atomic mass is 9.71. The van der Waals surface area contributed by atoms with Gasteiger partial charge >= 0.3 is 5.97 Å². The van der Waals surface area contributed by atoms with Crippen LogP contribution in [0.3, 0.4) is 0 Å². The van der Waals surface area contributed by atoms with Crippen molar-refractivity contribution in [3.8, 4) is 11.5 Å². The van der Waals surface area contributed by atoms with E-state index in [1.807, 2.05) is 12.1 Å².